The molecular weight excluding hydrogens is 274 g/mol. The van der Waals surface area contributed by atoms with Crippen LogP contribution in [-0.2, 0) is 0 Å². The molecule has 0 bridgehead atoms. The topological polar surface area (TPSA) is 75.8 Å². The number of nitrogen functional groups attached to an aromatic ring is 1. The molecule has 0 atom stereocenters. The Labute approximate surface area is 128 Å². The molecule has 2 N–H and O–H groups in total. The van der Waals surface area contributed by atoms with Gasteiger partial charge in [-0.05, 0) is 31.5 Å². The molecule has 3 aromatic rings. The van der Waals surface area contributed by atoms with Crippen molar-refractivity contribution in [2.75, 3.05) is 5.73 Å². The Morgan fingerprint density at radius 3 is 2.36 bits per heavy atom. The number of benzene rings is 1. The average Bonchev–Trinajstić information content (AvgIpc) is 2.93. The molecule has 0 aliphatic heterocycles. The summed E-state index contributed by atoms with van der Waals surface area (Å²) in [5, 5.41) is 9.52. The summed E-state index contributed by atoms with van der Waals surface area (Å²) in [5.74, 6) is 1.64. The van der Waals surface area contributed by atoms with Gasteiger partial charge in [0.05, 0.1) is 0 Å². The number of nitriles is 1. The highest BCUT2D eigenvalue weighted by Gasteiger charge is 2.21. The number of hydrogen-bond donors (Lipinski definition) is 1. The minimum atomic E-state index is 0.226. The fourth-order valence-corrected chi connectivity index (χ4v) is 2.61. The van der Waals surface area contributed by atoms with Gasteiger partial charge in [0.2, 0.25) is 0 Å². The molecule has 4 nitrogen and oxygen atoms in total. The van der Waals surface area contributed by atoms with E-state index in [0.29, 0.717) is 16.9 Å². The van der Waals surface area contributed by atoms with E-state index in [4.69, 9.17) is 10.2 Å². The van der Waals surface area contributed by atoms with Gasteiger partial charge in [-0.2, -0.15) is 5.26 Å². The van der Waals surface area contributed by atoms with Gasteiger partial charge in [0.1, 0.15) is 29.0 Å². The molecule has 2 aromatic heterocycles. The Balaban J connectivity index is 2.41. The van der Waals surface area contributed by atoms with Crippen LogP contribution in [0.15, 0.2) is 46.9 Å². The molecular formula is C18H15N3O. The molecule has 0 amide bonds. The molecule has 0 radical (unpaired) electrons. The highest BCUT2D eigenvalue weighted by Crippen LogP contribution is 2.39. The molecule has 0 aliphatic carbocycles. The van der Waals surface area contributed by atoms with Crippen molar-refractivity contribution in [2.24, 2.45) is 0 Å². The Hall–Kier alpha value is -3.06. The minimum absolute atomic E-state index is 0.226. The largest absolute Gasteiger partial charge is 0.461 e. The molecule has 0 fully saturated rings. The third kappa shape index (κ3) is 2.23. The number of nitrogens with zero attached hydrogens (tertiary/aromatic N) is 2. The van der Waals surface area contributed by atoms with E-state index in [-0.39, 0.29) is 5.82 Å². The number of anilines is 1. The van der Waals surface area contributed by atoms with Crippen LogP contribution in [0.1, 0.15) is 17.0 Å². The second kappa shape index (κ2) is 5.38. The summed E-state index contributed by atoms with van der Waals surface area (Å²) in [7, 11) is 0. The molecule has 0 spiro atoms. The van der Waals surface area contributed by atoms with E-state index < -0.39 is 0 Å². The van der Waals surface area contributed by atoms with Gasteiger partial charge in [0.15, 0.2) is 0 Å². The summed E-state index contributed by atoms with van der Waals surface area (Å²) in [5.41, 5.74) is 9.62. The van der Waals surface area contributed by atoms with Crippen LogP contribution in [0.25, 0.3) is 22.5 Å². The van der Waals surface area contributed by atoms with Crippen molar-refractivity contribution in [2.45, 2.75) is 13.8 Å². The standard InChI is InChI=1S/C18H15N3O/c1-11-8-9-15(22-11)17-14(10-19)18(20)21-12(2)16(17)13-6-4-3-5-7-13/h3-9H,1-2H3,(H2,20,21). The van der Waals surface area contributed by atoms with Gasteiger partial charge in [-0.1, -0.05) is 30.3 Å². The van der Waals surface area contributed by atoms with Crippen LogP contribution in [-0.4, -0.2) is 4.98 Å². The van der Waals surface area contributed by atoms with Gasteiger partial charge in [0.25, 0.3) is 0 Å². The predicted molar refractivity (Wildman–Crippen MR) is 86.0 cm³/mol. The summed E-state index contributed by atoms with van der Waals surface area (Å²) in [6.45, 7) is 3.76. The first kappa shape index (κ1) is 13.9. The second-order valence-corrected chi connectivity index (χ2v) is 5.10. The van der Waals surface area contributed by atoms with Gasteiger partial charge in [-0.3, -0.25) is 0 Å². The second-order valence-electron chi connectivity index (χ2n) is 5.10. The highest BCUT2D eigenvalue weighted by molar-refractivity contribution is 5.89. The maximum absolute atomic E-state index is 9.52. The van der Waals surface area contributed by atoms with Crippen molar-refractivity contribution in [1.82, 2.24) is 4.98 Å². The van der Waals surface area contributed by atoms with E-state index in [9.17, 15) is 5.26 Å². The van der Waals surface area contributed by atoms with Crippen molar-refractivity contribution < 1.29 is 4.42 Å². The lowest BCUT2D eigenvalue weighted by atomic mass is 9.93. The van der Waals surface area contributed by atoms with Crippen molar-refractivity contribution in [3.05, 3.63) is 59.5 Å². The van der Waals surface area contributed by atoms with Crippen LogP contribution in [0.2, 0.25) is 0 Å². The van der Waals surface area contributed by atoms with Gasteiger partial charge in [0, 0.05) is 16.8 Å². The zero-order valence-electron chi connectivity index (χ0n) is 12.4. The smallest absolute Gasteiger partial charge is 0.142 e. The van der Waals surface area contributed by atoms with Crippen molar-refractivity contribution >= 4 is 5.82 Å². The Bertz CT molecular complexity index is 873. The maximum Gasteiger partial charge on any atom is 0.142 e. The lowest BCUT2D eigenvalue weighted by molar-refractivity contribution is 0.548. The fraction of sp³-hybridized carbons (Fsp3) is 0.111. The molecule has 108 valence electrons. The first-order valence-corrected chi connectivity index (χ1v) is 6.94. The van der Waals surface area contributed by atoms with Crippen LogP contribution in [0.5, 0.6) is 0 Å². The summed E-state index contributed by atoms with van der Waals surface area (Å²) in [6, 6.07) is 15.7. The zero-order chi connectivity index (χ0) is 15.7. The molecule has 3 rings (SSSR count). The Kier molecular flexibility index (Phi) is 3.40. The van der Waals surface area contributed by atoms with Crippen LogP contribution in [0, 0.1) is 25.2 Å². The molecule has 0 unspecified atom stereocenters. The molecule has 0 saturated carbocycles. The number of hydrogen-bond acceptors (Lipinski definition) is 4. The molecule has 22 heavy (non-hydrogen) atoms. The molecule has 2 heterocycles. The van der Waals surface area contributed by atoms with Crippen molar-refractivity contribution in [1.29, 1.82) is 5.26 Å². The SMILES string of the molecule is Cc1ccc(-c2c(C#N)c(N)nc(C)c2-c2ccccc2)o1. The maximum atomic E-state index is 9.52. The summed E-state index contributed by atoms with van der Waals surface area (Å²) < 4.78 is 5.75. The van der Waals surface area contributed by atoms with E-state index in [0.717, 1.165) is 22.6 Å². The van der Waals surface area contributed by atoms with Crippen LogP contribution in [0.3, 0.4) is 0 Å². The normalized spacial score (nSPS) is 10.4. The van der Waals surface area contributed by atoms with Crippen LogP contribution in [0.4, 0.5) is 5.82 Å². The lowest BCUT2D eigenvalue weighted by Crippen LogP contribution is -2.02. The monoisotopic (exact) mass is 289 g/mol. The number of rotatable bonds is 2. The number of pyridine rings is 1. The van der Waals surface area contributed by atoms with E-state index >= 15 is 0 Å². The third-order valence-corrected chi connectivity index (χ3v) is 3.57. The van der Waals surface area contributed by atoms with E-state index in [1.54, 1.807) is 0 Å². The number of furan rings is 1. The predicted octanol–water partition coefficient (Wildman–Crippen LogP) is 4.08. The van der Waals surface area contributed by atoms with Crippen LogP contribution < -0.4 is 5.73 Å². The Morgan fingerprint density at radius 1 is 1.05 bits per heavy atom. The summed E-state index contributed by atoms with van der Waals surface area (Å²) >= 11 is 0. The minimum Gasteiger partial charge on any atom is -0.461 e. The van der Waals surface area contributed by atoms with E-state index in [1.165, 1.54) is 0 Å². The van der Waals surface area contributed by atoms with Gasteiger partial charge in [-0.15, -0.1) is 0 Å². The van der Waals surface area contributed by atoms with Crippen molar-refractivity contribution in [3.63, 3.8) is 0 Å². The van der Waals surface area contributed by atoms with E-state index in [1.807, 2.05) is 56.3 Å². The summed E-state index contributed by atoms with van der Waals surface area (Å²) in [4.78, 5) is 4.33. The van der Waals surface area contributed by atoms with Gasteiger partial charge < -0.3 is 10.2 Å². The van der Waals surface area contributed by atoms with Gasteiger partial charge >= 0.3 is 0 Å². The Morgan fingerprint density at radius 2 is 1.77 bits per heavy atom. The highest BCUT2D eigenvalue weighted by atomic mass is 16.3. The number of aryl methyl sites for hydroxylation is 2. The first-order valence-electron chi connectivity index (χ1n) is 6.94. The average molecular weight is 289 g/mol. The van der Waals surface area contributed by atoms with Crippen molar-refractivity contribution in [3.8, 4) is 28.5 Å². The van der Waals surface area contributed by atoms with Gasteiger partial charge in [-0.25, -0.2) is 4.98 Å². The molecule has 4 heteroatoms. The number of aromatic nitrogens is 1. The third-order valence-electron chi connectivity index (χ3n) is 3.57. The molecule has 1 aromatic carbocycles. The lowest BCUT2D eigenvalue weighted by Gasteiger charge is -2.14. The van der Waals surface area contributed by atoms with Crippen LogP contribution >= 0.6 is 0 Å². The number of nitrogens with two attached hydrogens (primary N) is 1. The quantitative estimate of drug-likeness (QED) is 0.771. The molecule has 0 aliphatic rings. The van der Waals surface area contributed by atoms with E-state index in [2.05, 4.69) is 11.1 Å². The summed E-state index contributed by atoms with van der Waals surface area (Å²) in [6.07, 6.45) is 0. The first-order chi connectivity index (χ1) is 10.6. The fourth-order valence-electron chi connectivity index (χ4n) is 2.61. The zero-order valence-corrected chi connectivity index (χ0v) is 12.4. The molecule has 0 saturated heterocycles.